The first-order chi connectivity index (χ1) is 34.5. The number of alkyl carbamates (subject to hydrolysis) is 2. The van der Waals surface area contributed by atoms with Crippen molar-refractivity contribution in [1.82, 2.24) is 15.5 Å². The largest absolute Gasteiger partial charge is 0.445 e. The lowest BCUT2D eigenvalue weighted by Gasteiger charge is -2.51. The highest BCUT2D eigenvalue weighted by Crippen LogP contribution is 2.50. The normalized spacial score (nSPS) is 39.9. The highest BCUT2D eigenvalue weighted by molar-refractivity contribution is 5.71. The molecule has 17 atom stereocenters. The molecule has 6 aliphatic heterocycles. The third-order valence-corrected chi connectivity index (χ3v) is 16.3. The number of hydrogen-bond acceptors (Lipinski definition) is 15. The van der Waals surface area contributed by atoms with Crippen LogP contribution in [0.1, 0.15) is 102 Å². The van der Waals surface area contributed by atoms with E-state index in [9.17, 15) is 18.8 Å². The number of hydrogen-bond donors (Lipinski definition) is 2. The molecule has 71 heavy (non-hydrogen) atoms. The van der Waals surface area contributed by atoms with E-state index in [4.69, 9.17) is 56.8 Å². The molecule has 9 aliphatic rings. The highest BCUT2D eigenvalue weighted by atomic mass is 19.1. The Morgan fingerprint density at radius 1 is 0.648 bits per heavy atom. The van der Waals surface area contributed by atoms with Crippen LogP contribution in [-0.2, 0) is 70.1 Å². The first-order valence-corrected chi connectivity index (χ1v) is 25.9. The van der Waals surface area contributed by atoms with Crippen LogP contribution in [0, 0.1) is 11.8 Å². The first kappa shape index (κ1) is 49.1. The molecule has 0 radical (unpaired) electrons. The van der Waals surface area contributed by atoms with Crippen molar-refractivity contribution in [2.45, 2.75) is 208 Å². The lowest BCUT2D eigenvalue weighted by molar-refractivity contribution is -0.373. The van der Waals surface area contributed by atoms with Gasteiger partial charge in [-0.05, 0) is 49.7 Å². The molecule has 9 fully saturated rings. The number of amides is 3. The summed E-state index contributed by atoms with van der Waals surface area (Å²) in [6, 6.07) is 16.6. The van der Waals surface area contributed by atoms with Gasteiger partial charge in [0.25, 0.3) is 0 Å². The fourth-order valence-electron chi connectivity index (χ4n) is 12.5. The summed E-state index contributed by atoms with van der Waals surface area (Å²) in [5.74, 6) is -2.30. The van der Waals surface area contributed by atoms with E-state index in [1.807, 2.05) is 74.5 Å². The number of halogens is 1. The number of fused-ring (bicyclic) bond motifs is 5. The number of nitrogens with zero attached hydrogens (tertiary/aromatic N) is 1. The molecule has 0 aromatic heterocycles. The van der Waals surface area contributed by atoms with Crippen molar-refractivity contribution in [2.24, 2.45) is 11.8 Å². The van der Waals surface area contributed by atoms with Gasteiger partial charge < -0.3 is 67.5 Å². The molecule has 3 aliphatic carbocycles. The van der Waals surface area contributed by atoms with Crippen LogP contribution in [0.15, 0.2) is 60.7 Å². The maximum absolute atomic E-state index is 14.6. The highest BCUT2D eigenvalue weighted by Gasteiger charge is 2.64. The zero-order valence-corrected chi connectivity index (χ0v) is 40.6. The predicted octanol–water partition coefficient (Wildman–Crippen LogP) is 6.90. The number of carbonyl (C=O) groups excluding carboxylic acids is 3. The molecule has 3 amide bonds. The van der Waals surface area contributed by atoms with Gasteiger partial charge in [0, 0.05) is 44.6 Å². The van der Waals surface area contributed by atoms with E-state index in [-0.39, 0.29) is 31.5 Å². The van der Waals surface area contributed by atoms with Crippen LogP contribution in [-0.4, -0.2) is 140 Å². The Kier molecular flexibility index (Phi) is 14.2. The van der Waals surface area contributed by atoms with Gasteiger partial charge in [0.15, 0.2) is 36.5 Å². The van der Waals surface area contributed by atoms with Crippen LogP contribution in [0.5, 0.6) is 0 Å². The Morgan fingerprint density at radius 3 is 1.85 bits per heavy atom. The van der Waals surface area contributed by atoms with E-state index in [0.717, 1.165) is 62.5 Å². The topological polar surface area (TPSA) is 189 Å². The first-order valence-electron chi connectivity index (χ1n) is 25.9. The summed E-state index contributed by atoms with van der Waals surface area (Å²) in [5, 5.41) is 6.11. The number of alkyl halides is 1. The number of nitrogens with one attached hydrogen (secondary N) is 2. The van der Waals surface area contributed by atoms with Gasteiger partial charge in [0.1, 0.15) is 56.5 Å². The zero-order chi connectivity index (χ0) is 48.9. The maximum Gasteiger partial charge on any atom is 0.410 e. The van der Waals surface area contributed by atoms with Crippen LogP contribution in [0.3, 0.4) is 0 Å². The average molecular weight is 994 g/mol. The predicted molar refractivity (Wildman–Crippen MR) is 246 cm³/mol. The zero-order valence-electron chi connectivity index (χ0n) is 40.6. The van der Waals surface area contributed by atoms with E-state index in [0.29, 0.717) is 19.3 Å². The van der Waals surface area contributed by atoms with Crippen molar-refractivity contribution in [1.29, 1.82) is 0 Å². The number of likely N-dealkylation sites (N-methyl/N-ethyl adjacent to an activating group) is 1. The quantitative estimate of drug-likeness (QED) is 0.221. The molecule has 11 rings (SSSR count). The van der Waals surface area contributed by atoms with Crippen LogP contribution in [0.2, 0.25) is 0 Å². The van der Waals surface area contributed by atoms with Crippen LogP contribution in [0.4, 0.5) is 18.8 Å². The molecule has 2 N–H and O–H groups in total. The summed E-state index contributed by atoms with van der Waals surface area (Å²) in [4.78, 5) is 42.2. The van der Waals surface area contributed by atoms with Gasteiger partial charge in [-0.15, -0.1) is 0 Å². The standard InChI is InChI=1S/C52H68FN3O15/c1-29-24-35-41(42-37(56(3)50(59)66-42)46(62-35)67-47-44-38(30(2)36(26-53)63-47)68-51(71-44)20-12-6-13-21-51)65-45(29)64-39-33(54-48(57)60-27-31-16-8-4-9-17-31)25-34(55-49(58)61-28-32-18-10-5-11-19-32)40-43(39)70-52(69-40)22-14-7-15-23-52/h4-5,8-11,16-19,29-30,33-47H,6-7,12-15,20-28H2,1-3H3,(H,54,57)(H,55,58)/t29?,30-,33?,34-,35+,36?,37?,38+,39-,40?,41?,42?,43+,44?,45+,46?,47-/m1/s1. The summed E-state index contributed by atoms with van der Waals surface area (Å²) in [6.45, 7) is 3.26. The van der Waals surface area contributed by atoms with Gasteiger partial charge in [0.05, 0.1) is 30.4 Å². The second-order valence-electron chi connectivity index (χ2n) is 21.1. The molecule has 6 saturated heterocycles. The Hall–Kier alpha value is -4.18. The van der Waals surface area contributed by atoms with Crippen molar-refractivity contribution in [3.05, 3.63) is 71.8 Å². The van der Waals surface area contributed by atoms with Gasteiger partial charge in [-0.1, -0.05) is 87.4 Å². The average Bonchev–Trinajstić information content (AvgIpc) is 4.04. The molecule has 9 unspecified atom stereocenters. The summed E-state index contributed by atoms with van der Waals surface area (Å²) >= 11 is 0. The number of carbonyl (C=O) groups is 3. The molecule has 6 heterocycles. The van der Waals surface area contributed by atoms with Crippen molar-refractivity contribution < 1.29 is 75.6 Å². The van der Waals surface area contributed by atoms with E-state index < -0.39 is 128 Å². The summed E-state index contributed by atoms with van der Waals surface area (Å²) in [7, 11) is 1.62. The summed E-state index contributed by atoms with van der Waals surface area (Å²) < 4.78 is 93.1. The fraction of sp³-hybridized carbons (Fsp3) is 0.712. The monoisotopic (exact) mass is 993 g/mol. The molecule has 388 valence electrons. The van der Waals surface area contributed by atoms with Crippen molar-refractivity contribution in [2.75, 3.05) is 13.7 Å². The van der Waals surface area contributed by atoms with Gasteiger partial charge in [-0.3, -0.25) is 4.90 Å². The van der Waals surface area contributed by atoms with E-state index in [2.05, 4.69) is 10.6 Å². The molecule has 2 aromatic rings. The summed E-state index contributed by atoms with van der Waals surface area (Å²) in [5.41, 5.74) is 1.65. The lowest BCUT2D eigenvalue weighted by Crippen LogP contribution is -2.67. The molecular weight excluding hydrogens is 926 g/mol. The van der Waals surface area contributed by atoms with Crippen LogP contribution < -0.4 is 10.6 Å². The van der Waals surface area contributed by atoms with Crippen LogP contribution in [0.25, 0.3) is 0 Å². The van der Waals surface area contributed by atoms with Gasteiger partial charge in [-0.2, -0.15) is 0 Å². The molecule has 2 aromatic carbocycles. The number of rotatable bonds is 11. The Balaban J connectivity index is 0.834. The summed E-state index contributed by atoms with van der Waals surface area (Å²) in [6.07, 6.45) is -2.20. The Labute approximate surface area is 413 Å². The minimum absolute atomic E-state index is 0.0324. The smallest absolute Gasteiger partial charge is 0.410 e. The third-order valence-electron chi connectivity index (χ3n) is 16.3. The van der Waals surface area contributed by atoms with E-state index in [1.165, 1.54) is 4.90 Å². The molecule has 18 nitrogen and oxygen atoms in total. The van der Waals surface area contributed by atoms with E-state index >= 15 is 0 Å². The molecule has 3 saturated carbocycles. The van der Waals surface area contributed by atoms with Crippen molar-refractivity contribution in [3.63, 3.8) is 0 Å². The fourth-order valence-corrected chi connectivity index (χ4v) is 12.5. The van der Waals surface area contributed by atoms with Gasteiger partial charge in [0.2, 0.25) is 0 Å². The van der Waals surface area contributed by atoms with Crippen LogP contribution >= 0.6 is 0 Å². The third kappa shape index (κ3) is 9.99. The maximum atomic E-state index is 14.6. The Morgan fingerprint density at radius 2 is 1.23 bits per heavy atom. The SMILES string of the molecule is CC1C[C@@H]2OC(O[C@H]3OC(CF)[C@@H](C)[C@@H]4OC5(CCCCC5)OC34)C3C(OC(=O)N3C)C2O[C@@H]1O[C@@H]1C(NC(=O)OCc2ccccc2)C[C@@H](NC(=O)OCc2ccccc2)C2OC3(CCCCC3)O[C@H]21. The second-order valence-corrected chi connectivity index (χ2v) is 21.1. The minimum Gasteiger partial charge on any atom is -0.445 e. The van der Waals surface area contributed by atoms with Crippen molar-refractivity contribution in [3.8, 4) is 0 Å². The number of benzene rings is 2. The van der Waals surface area contributed by atoms with Crippen molar-refractivity contribution >= 4 is 18.3 Å². The van der Waals surface area contributed by atoms with E-state index in [1.54, 1.807) is 7.05 Å². The van der Waals surface area contributed by atoms with Gasteiger partial charge in [-0.25, -0.2) is 18.8 Å². The molecule has 0 bridgehead atoms. The Bertz CT molecular complexity index is 2170. The minimum atomic E-state index is -1.05. The molecular formula is C52H68FN3O15. The molecule has 2 spiro atoms. The van der Waals surface area contributed by atoms with Gasteiger partial charge >= 0.3 is 18.3 Å². The number of ether oxygens (including phenoxy) is 12. The lowest BCUT2D eigenvalue weighted by atomic mass is 9.83. The second kappa shape index (κ2) is 20.6. The molecule has 19 heteroatoms.